The Morgan fingerprint density at radius 2 is 1.68 bits per heavy atom. The molecule has 3 aromatic rings. The molecule has 0 spiro atoms. The molecule has 0 unspecified atom stereocenters. The van der Waals surface area contributed by atoms with Gasteiger partial charge in [-0.1, -0.05) is 49.7 Å². The van der Waals surface area contributed by atoms with Crippen molar-refractivity contribution in [2.75, 3.05) is 38.3 Å². The predicted molar refractivity (Wildman–Crippen MR) is 147 cm³/mol. The Hall–Kier alpha value is -4.04. The van der Waals surface area contributed by atoms with Crippen molar-refractivity contribution >= 4 is 23.4 Å². The number of benzene rings is 3. The number of rotatable bonds is 12. The van der Waals surface area contributed by atoms with Crippen LogP contribution in [0.25, 0.3) is 0 Å². The Bertz CT molecular complexity index is 1150. The molecule has 0 fully saturated rings. The van der Waals surface area contributed by atoms with Crippen LogP contribution in [0.5, 0.6) is 5.75 Å². The minimum Gasteiger partial charge on any atom is -0.492 e. The van der Waals surface area contributed by atoms with E-state index in [1.807, 2.05) is 44.4 Å². The first-order valence-corrected chi connectivity index (χ1v) is 12.4. The molecule has 8 nitrogen and oxygen atoms in total. The number of carbonyl (C=O) groups excluding carboxylic acids is 2. The number of carbonyl (C=O) groups is 2. The highest BCUT2D eigenvalue weighted by atomic mass is 16.6. The normalized spacial score (nSPS) is 11.6. The zero-order valence-corrected chi connectivity index (χ0v) is 21.7. The van der Waals surface area contributed by atoms with Gasteiger partial charge >= 0.3 is 6.09 Å². The average Bonchev–Trinajstić information content (AvgIpc) is 2.89. The number of amides is 2. The lowest BCUT2D eigenvalue weighted by molar-refractivity contribution is 0.0915. The lowest BCUT2D eigenvalue weighted by atomic mass is 10.1. The molecule has 196 valence electrons. The van der Waals surface area contributed by atoms with E-state index in [0.29, 0.717) is 30.0 Å². The van der Waals surface area contributed by atoms with Crippen LogP contribution in [0.2, 0.25) is 0 Å². The van der Waals surface area contributed by atoms with Gasteiger partial charge in [0.05, 0.1) is 11.4 Å². The van der Waals surface area contributed by atoms with Gasteiger partial charge in [0.2, 0.25) is 0 Å². The fourth-order valence-corrected chi connectivity index (χ4v) is 3.60. The molecule has 1 atom stereocenters. The third-order valence-corrected chi connectivity index (χ3v) is 5.72. The first-order chi connectivity index (χ1) is 17.9. The highest BCUT2D eigenvalue weighted by molar-refractivity contribution is 6.05. The molecule has 0 bridgehead atoms. The zero-order valence-electron chi connectivity index (χ0n) is 21.7. The molecule has 0 aliphatic rings. The molecule has 3 rings (SSSR count). The van der Waals surface area contributed by atoms with Gasteiger partial charge < -0.3 is 30.7 Å². The summed E-state index contributed by atoms with van der Waals surface area (Å²) in [5.74, 6) is 0.531. The average molecular weight is 505 g/mol. The number of anilines is 2. The van der Waals surface area contributed by atoms with Crippen LogP contribution in [-0.2, 0) is 11.3 Å². The Morgan fingerprint density at radius 1 is 0.973 bits per heavy atom. The van der Waals surface area contributed by atoms with Gasteiger partial charge in [-0.2, -0.15) is 0 Å². The standard InChI is InChI=1S/C29H36N4O4/c1-4-7-27(22-14-16-24(17-15-22)36-19-18-33(2)3)37-29(35)31-20-21-10-12-23(13-11-21)28(34)32-26-9-6-5-8-25(26)30/h5-6,8-17,27H,4,7,18-20,30H2,1-3H3,(H,31,35)(H,32,34)/t27-/m1/s1. The third-order valence-electron chi connectivity index (χ3n) is 5.72. The summed E-state index contributed by atoms with van der Waals surface area (Å²) < 4.78 is 11.5. The number of likely N-dealkylation sites (N-methyl/N-ethyl adjacent to an activating group) is 1. The van der Waals surface area contributed by atoms with Crippen LogP contribution in [-0.4, -0.2) is 44.1 Å². The van der Waals surface area contributed by atoms with Crippen LogP contribution >= 0.6 is 0 Å². The van der Waals surface area contributed by atoms with Crippen LogP contribution in [0.3, 0.4) is 0 Å². The van der Waals surface area contributed by atoms with Crippen molar-refractivity contribution in [3.63, 3.8) is 0 Å². The minimum atomic E-state index is -0.494. The van der Waals surface area contributed by atoms with Crippen LogP contribution in [0.1, 0.15) is 47.4 Å². The highest BCUT2D eigenvalue weighted by Gasteiger charge is 2.16. The summed E-state index contributed by atoms with van der Waals surface area (Å²) in [6.45, 7) is 3.78. The lowest BCUT2D eigenvalue weighted by Crippen LogP contribution is -2.25. The monoisotopic (exact) mass is 504 g/mol. The van der Waals surface area contributed by atoms with Crippen LogP contribution in [0, 0.1) is 0 Å². The van der Waals surface area contributed by atoms with Crippen molar-refractivity contribution in [2.45, 2.75) is 32.4 Å². The molecule has 37 heavy (non-hydrogen) atoms. The van der Waals surface area contributed by atoms with Gasteiger partial charge in [0, 0.05) is 18.7 Å². The quantitative estimate of drug-likeness (QED) is 0.292. The van der Waals surface area contributed by atoms with Gasteiger partial charge in [-0.05, 0) is 68.0 Å². The molecule has 0 aromatic heterocycles. The molecular weight excluding hydrogens is 468 g/mol. The summed E-state index contributed by atoms with van der Waals surface area (Å²) in [5, 5.41) is 5.60. The number of hydrogen-bond acceptors (Lipinski definition) is 6. The molecule has 0 radical (unpaired) electrons. The first-order valence-electron chi connectivity index (χ1n) is 12.4. The van der Waals surface area contributed by atoms with Crippen LogP contribution < -0.4 is 21.1 Å². The van der Waals surface area contributed by atoms with Gasteiger partial charge in [-0.15, -0.1) is 0 Å². The fourth-order valence-electron chi connectivity index (χ4n) is 3.60. The third kappa shape index (κ3) is 8.84. The predicted octanol–water partition coefficient (Wildman–Crippen LogP) is 5.23. The molecule has 0 aliphatic heterocycles. The van der Waals surface area contributed by atoms with E-state index in [1.165, 1.54) is 0 Å². The number of hydrogen-bond donors (Lipinski definition) is 3. The van der Waals surface area contributed by atoms with Gasteiger partial charge in [-0.3, -0.25) is 4.79 Å². The molecule has 0 heterocycles. The maximum Gasteiger partial charge on any atom is 0.408 e. The number of nitrogens with two attached hydrogens (primary N) is 1. The van der Waals surface area contributed by atoms with E-state index in [-0.39, 0.29) is 18.6 Å². The van der Waals surface area contributed by atoms with Crippen molar-refractivity contribution in [3.8, 4) is 5.75 Å². The second-order valence-electron chi connectivity index (χ2n) is 9.00. The molecule has 0 saturated carbocycles. The maximum absolute atomic E-state index is 12.5. The number of para-hydroxylation sites is 2. The van der Waals surface area contributed by atoms with Gasteiger partial charge in [0.25, 0.3) is 5.91 Å². The number of alkyl carbamates (subject to hydrolysis) is 1. The van der Waals surface area contributed by atoms with Crippen molar-refractivity contribution in [1.29, 1.82) is 0 Å². The van der Waals surface area contributed by atoms with E-state index in [1.54, 1.807) is 42.5 Å². The number of nitrogens with zero attached hydrogens (tertiary/aromatic N) is 1. The lowest BCUT2D eigenvalue weighted by Gasteiger charge is -2.19. The van der Waals surface area contributed by atoms with E-state index >= 15 is 0 Å². The Kier molecular flexibility index (Phi) is 10.3. The smallest absolute Gasteiger partial charge is 0.408 e. The van der Waals surface area contributed by atoms with Crippen molar-refractivity contribution < 1.29 is 19.1 Å². The Morgan fingerprint density at radius 3 is 2.32 bits per heavy atom. The summed E-state index contributed by atoms with van der Waals surface area (Å²) in [7, 11) is 4.00. The number of nitrogen functional groups attached to an aromatic ring is 1. The molecule has 4 N–H and O–H groups in total. The van der Waals surface area contributed by atoms with E-state index in [9.17, 15) is 9.59 Å². The fraction of sp³-hybridized carbons (Fsp3) is 0.310. The largest absolute Gasteiger partial charge is 0.492 e. The molecule has 3 aromatic carbocycles. The van der Waals surface area contributed by atoms with E-state index in [0.717, 1.165) is 29.8 Å². The second-order valence-corrected chi connectivity index (χ2v) is 9.00. The molecule has 0 saturated heterocycles. The SMILES string of the molecule is CCC[C@@H](OC(=O)NCc1ccc(C(=O)Nc2ccccc2N)cc1)c1ccc(OCCN(C)C)cc1. The summed E-state index contributed by atoms with van der Waals surface area (Å²) in [4.78, 5) is 27.1. The van der Waals surface area contributed by atoms with Crippen molar-refractivity contribution in [2.24, 2.45) is 0 Å². The molecular formula is C29H36N4O4. The topological polar surface area (TPSA) is 106 Å². The zero-order chi connectivity index (χ0) is 26.6. The van der Waals surface area contributed by atoms with Gasteiger partial charge in [-0.25, -0.2) is 4.79 Å². The molecule has 8 heteroatoms. The van der Waals surface area contributed by atoms with Gasteiger partial charge in [0.15, 0.2) is 0 Å². The highest BCUT2D eigenvalue weighted by Crippen LogP contribution is 2.25. The van der Waals surface area contributed by atoms with Crippen molar-refractivity contribution in [3.05, 3.63) is 89.5 Å². The van der Waals surface area contributed by atoms with E-state index < -0.39 is 6.09 Å². The van der Waals surface area contributed by atoms with Gasteiger partial charge in [0.1, 0.15) is 18.5 Å². The summed E-state index contributed by atoms with van der Waals surface area (Å²) in [5.41, 5.74) is 9.21. The summed E-state index contributed by atoms with van der Waals surface area (Å²) in [6.07, 6.45) is 0.740. The molecule has 2 amide bonds. The van der Waals surface area contributed by atoms with Crippen molar-refractivity contribution in [1.82, 2.24) is 10.2 Å². The van der Waals surface area contributed by atoms with Crippen LogP contribution in [0.15, 0.2) is 72.8 Å². The molecule has 0 aliphatic carbocycles. The summed E-state index contributed by atoms with van der Waals surface area (Å²) in [6, 6.07) is 21.8. The Balaban J connectivity index is 1.50. The second kappa shape index (κ2) is 13.9. The van der Waals surface area contributed by atoms with E-state index in [2.05, 4.69) is 22.5 Å². The number of ether oxygens (including phenoxy) is 2. The minimum absolute atomic E-state index is 0.256. The first kappa shape index (κ1) is 27.5. The van der Waals surface area contributed by atoms with E-state index in [4.69, 9.17) is 15.2 Å². The summed E-state index contributed by atoms with van der Waals surface area (Å²) >= 11 is 0. The maximum atomic E-state index is 12.5. The number of nitrogens with one attached hydrogen (secondary N) is 2. The van der Waals surface area contributed by atoms with Crippen LogP contribution in [0.4, 0.5) is 16.2 Å². The Labute approximate surface area is 218 Å².